The van der Waals surface area contributed by atoms with Gasteiger partial charge in [-0.2, -0.15) is 0 Å². The van der Waals surface area contributed by atoms with Crippen LogP contribution in [-0.2, 0) is 16.0 Å². The monoisotopic (exact) mass is 413 g/mol. The second-order valence-corrected chi connectivity index (χ2v) is 8.19. The average Bonchev–Trinajstić information content (AvgIpc) is 3.22. The third-order valence-corrected chi connectivity index (χ3v) is 4.64. The standard InChI is InChI=1S/C22H27N3O5/c1-22(2,3)30-21(28)23-18-6-4-16(5-7-18)14-19(26)24-9-11-25(12-10-24)20(27)17-8-13-29-15-17/h4-8,13,15H,9-12,14H2,1-3H3,(H,23,28). The van der Waals surface area contributed by atoms with Crippen molar-refractivity contribution < 1.29 is 23.5 Å². The highest BCUT2D eigenvalue weighted by atomic mass is 16.6. The number of ether oxygens (including phenoxy) is 1. The van der Waals surface area contributed by atoms with Gasteiger partial charge in [-0.1, -0.05) is 12.1 Å². The van der Waals surface area contributed by atoms with Crippen LogP contribution in [0.5, 0.6) is 0 Å². The zero-order valence-corrected chi connectivity index (χ0v) is 17.5. The Labute approximate surface area is 175 Å². The zero-order valence-electron chi connectivity index (χ0n) is 17.5. The molecule has 2 aromatic rings. The topological polar surface area (TPSA) is 92.1 Å². The summed E-state index contributed by atoms with van der Waals surface area (Å²) in [6, 6.07) is 8.75. The van der Waals surface area contributed by atoms with Gasteiger partial charge in [-0.3, -0.25) is 14.9 Å². The number of nitrogens with one attached hydrogen (secondary N) is 1. The number of carbonyl (C=O) groups is 3. The molecule has 0 spiro atoms. The van der Waals surface area contributed by atoms with E-state index in [1.54, 1.807) is 48.8 Å². The summed E-state index contributed by atoms with van der Waals surface area (Å²) in [5.74, 6) is -0.0674. The van der Waals surface area contributed by atoms with Crippen LogP contribution in [0.2, 0.25) is 0 Å². The van der Waals surface area contributed by atoms with Crippen LogP contribution < -0.4 is 5.32 Å². The van der Waals surface area contributed by atoms with E-state index >= 15 is 0 Å². The van der Waals surface area contributed by atoms with Crippen LogP contribution in [0, 0.1) is 0 Å². The van der Waals surface area contributed by atoms with Gasteiger partial charge < -0.3 is 19.0 Å². The fourth-order valence-corrected chi connectivity index (χ4v) is 3.14. The number of amides is 3. The van der Waals surface area contributed by atoms with Crippen molar-refractivity contribution in [2.24, 2.45) is 0 Å². The van der Waals surface area contributed by atoms with Crippen molar-refractivity contribution in [3.8, 4) is 0 Å². The molecular formula is C22H27N3O5. The maximum absolute atomic E-state index is 12.6. The molecule has 1 aromatic heterocycles. The first-order valence-corrected chi connectivity index (χ1v) is 9.89. The van der Waals surface area contributed by atoms with E-state index in [0.29, 0.717) is 37.4 Å². The lowest BCUT2D eigenvalue weighted by Crippen LogP contribution is -2.50. The second-order valence-electron chi connectivity index (χ2n) is 8.19. The largest absolute Gasteiger partial charge is 0.472 e. The van der Waals surface area contributed by atoms with Crippen molar-refractivity contribution in [3.05, 3.63) is 54.0 Å². The van der Waals surface area contributed by atoms with Gasteiger partial charge in [0.1, 0.15) is 11.9 Å². The van der Waals surface area contributed by atoms with E-state index in [4.69, 9.17) is 9.15 Å². The van der Waals surface area contributed by atoms with Gasteiger partial charge in [-0.25, -0.2) is 4.79 Å². The van der Waals surface area contributed by atoms with E-state index in [-0.39, 0.29) is 18.2 Å². The molecule has 0 aliphatic carbocycles. The highest BCUT2D eigenvalue weighted by molar-refractivity contribution is 5.94. The van der Waals surface area contributed by atoms with E-state index < -0.39 is 11.7 Å². The highest BCUT2D eigenvalue weighted by Crippen LogP contribution is 2.15. The molecule has 2 heterocycles. The molecule has 0 radical (unpaired) electrons. The van der Waals surface area contributed by atoms with Crippen LogP contribution in [0.15, 0.2) is 47.3 Å². The smallest absolute Gasteiger partial charge is 0.412 e. The van der Waals surface area contributed by atoms with Crippen LogP contribution in [0.4, 0.5) is 10.5 Å². The van der Waals surface area contributed by atoms with E-state index in [1.807, 2.05) is 12.1 Å². The highest BCUT2D eigenvalue weighted by Gasteiger charge is 2.25. The number of rotatable bonds is 4. The van der Waals surface area contributed by atoms with E-state index in [2.05, 4.69) is 5.32 Å². The lowest BCUT2D eigenvalue weighted by molar-refractivity contribution is -0.131. The molecule has 1 saturated heterocycles. The molecule has 1 aliphatic heterocycles. The fourth-order valence-electron chi connectivity index (χ4n) is 3.14. The Hall–Kier alpha value is -3.29. The van der Waals surface area contributed by atoms with Gasteiger partial charge >= 0.3 is 6.09 Å². The molecule has 3 rings (SSSR count). The minimum Gasteiger partial charge on any atom is -0.472 e. The zero-order chi connectivity index (χ0) is 21.7. The SMILES string of the molecule is CC(C)(C)OC(=O)Nc1ccc(CC(=O)N2CCN(C(=O)c3ccoc3)CC2)cc1. The van der Waals surface area contributed by atoms with Gasteiger partial charge in [0, 0.05) is 31.9 Å². The molecule has 160 valence electrons. The predicted molar refractivity (Wildman–Crippen MR) is 111 cm³/mol. The van der Waals surface area contributed by atoms with Gasteiger partial charge in [-0.05, 0) is 44.5 Å². The van der Waals surface area contributed by atoms with Crippen LogP contribution in [0.1, 0.15) is 36.7 Å². The Kier molecular flexibility index (Phi) is 6.44. The van der Waals surface area contributed by atoms with Crippen molar-refractivity contribution in [3.63, 3.8) is 0 Å². The minimum atomic E-state index is -0.566. The number of piperazine rings is 1. The Morgan fingerprint density at radius 3 is 2.20 bits per heavy atom. The summed E-state index contributed by atoms with van der Waals surface area (Å²) in [5.41, 5.74) is 1.41. The first-order chi connectivity index (χ1) is 14.2. The number of carbonyl (C=O) groups excluding carboxylic acids is 3. The number of hydrogen-bond acceptors (Lipinski definition) is 5. The second kappa shape index (κ2) is 9.02. The maximum atomic E-state index is 12.6. The predicted octanol–water partition coefficient (Wildman–Crippen LogP) is 3.15. The molecule has 1 N–H and O–H groups in total. The molecule has 0 unspecified atom stereocenters. The van der Waals surface area contributed by atoms with Crippen LogP contribution in [-0.4, -0.2) is 59.5 Å². The summed E-state index contributed by atoms with van der Waals surface area (Å²) in [4.78, 5) is 40.3. The Morgan fingerprint density at radius 2 is 1.63 bits per heavy atom. The van der Waals surface area contributed by atoms with Gasteiger partial charge in [0.05, 0.1) is 18.2 Å². The molecule has 1 fully saturated rings. The lowest BCUT2D eigenvalue weighted by atomic mass is 10.1. The molecule has 0 bridgehead atoms. The first-order valence-electron chi connectivity index (χ1n) is 9.89. The number of furan rings is 1. The quantitative estimate of drug-likeness (QED) is 0.831. The molecule has 30 heavy (non-hydrogen) atoms. The number of anilines is 1. The molecule has 1 aliphatic rings. The van der Waals surface area contributed by atoms with Gasteiger partial charge in [-0.15, -0.1) is 0 Å². The van der Waals surface area contributed by atoms with E-state index in [1.165, 1.54) is 12.5 Å². The summed E-state index contributed by atoms with van der Waals surface area (Å²) < 4.78 is 10.2. The van der Waals surface area contributed by atoms with Crippen molar-refractivity contribution in [2.75, 3.05) is 31.5 Å². The van der Waals surface area contributed by atoms with Crippen LogP contribution >= 0.6 is 0 Å². The van der Waals surface area contributed by atoms with Gasteiger partial charge in [0.25, 0.3) is 5.91 Å². The third-order valence-electron chi connectivity index (χ3n) is 4.64. The number of hydrogen-bond donors (Lipinski definition) is 1. The summed E-state index contributed by atoms with van der Waals surface area (Å²) >= 11 is 0. The Bertz CT molecular complexity index is 876. The molecule has 0 atom stereocenters. The average molecular weight is 413 g/mol. The Balaban J connectivity index is 1.47. The summed E-state index contributed by atoms with van der Waals surface area (Å²) in [7, 11) is 0. The Morgan fingerprint density at radius 1 is 1.00 bits per heavy atom. The van der Waals surface area contributed by atoms with Crippen molar-refractivity contribution >= 4 is 23.6 Å². The maximum Gasteiger partial charge on any atom is 0.412 e. The van der Waals surface area contributed by atoms with Crippen molar-refractivity contribution in [2.45, 2.75) is 32.8 Å². The molecule has 1 aromatic carbocycles. The van der Waals surface area contributed by atoms with Crippen LogP contribution in [0.25, 0.3) is 0 Å². The first kappa shape index (κ1) is 21.4. The van der Waals surface area contributed by atoms with Gasteiger partial charge in [0.15, 0.2) is 0 Å². The normalized spacial score (nSPS) is 14.4. The van der Waals surface area contributed by atoms with Crippen LogP contribution in [0.3, 0.4) is 0 Å². The fraction of sp³-hybridized carbons (Fsp3) is 0.409. The number of benzene rings is 1. The molecular weight excluding hydrogens is 386 g/mol. The molecule has 3 amide bonds. The van der Waals surface area contributed by atoms with E-state index in [9.17, 15) is 14.4 Å². The summed E-state index contributed by atoms with van der Waals surface area (Å²) in [5, 5.41) is 2.67. The third kappa shape index (κ3) is 5.85. The van der Waals surface area contributed by atoms with Gasteiger partial charge in [0.2, 0.25) is 5.91 Å². The van der Waals surface area contributed by atoms with E-state index in [0.717, 1.165) is 5.56 Å². The minimum absolute atomic E-state index is 0.0123. The molecule has 8 heteroatoms. The molecule has 0 saturated carbocycles. The summed E-state index contributed by atoms with van der Waals surface area (Å²) in [6.07, 6.45) is 2.65. The van der Waals surface area contributed by atoms with Crippen molar-refractivity contribution in [1.82, 2.24) is 9.80 Å². The molecule has 8 nitrogen and oxygen atoms in total. The summed E-state index contributed by atoms with van der Waals surface area (Å²) in [6.45, 7) is 7.39. The van der Waals surface area contributed by atoms with Crippen molar-refractivity contribution in [1.29, 1.82) is 0 Å². The number of nitrogens with zero attached hydrogens (tertiary/aromatic N) is 2. The lowest BCUT2D eigenvalue weighted by Gasteiger charge is -2.34.